The van der Waals surface area contributed by atoms with Crippen molar-refractivity contribution in [3.63, 3.8) is 0 Å². The van der Waals surface area contributed by atoms with Crippen molar-refractivity contribution in [2.75, 3.05) is 4.90 Å². The lowest BCUT2D eigenvalue weighted by Crippen LogP contribution is -2.53. The average molecular weight is 403 g/mol. The molecule has 8 heteroatoms. The fourth-order valence-electron chi connectivity index (χ4n) is 3.65. The number of fused-ring (bicyclic) bond motifs is 1. The third-order valence-electron chi connectivity index (χ3n) is 5.48. The highest BCUT2D eigenvalue weighted by molar-refractivity contribution is 5.63. The van der Waals surface area contributed by atoms with Gasteiger partial charge in [-0.05, 0) is 30.2 Å². The molecule has 1 aliphatic rings. The van der Waals surface area contributed by atoms with E-state index in [0.29, 0.717) is 23.9 Å². The molecular weight excluding hydrogens is 384 g/mol. The molecule has 2 aromatic carbocycles. The minimum atomic E-state index is -5.89. The topological polar surface area (TPSA) is 23.5 Å². The molecule has 0 fully saturated rings. The first kappa shape index (κ1) is 20.5. The van der Waals surface area contributed by atoms with Gasteiger partial charge in [0.25, 0.3) is 5.60 Å². The van der Waals surface area contributed by atoms with Crippen LogP contribution < -0.4 is 4.90 Å². The number of hydrogen-bond donors (Lipinski definition) is 1. The van der Waals surface area contributed by atoms with E-state index in [-0.39, 0.29) is 12.0 Å². The Balaban J connectivity index is 2.06. The van der Waals surface area contributed by atoms with Crippen LogP contribution in [0.3, 0.4) is 0 Å². The summed E-state index contributed by atoms with van der Waals surface area (Å²) in [6.07, 6.45) is -11.8. The zero-order chi connectivity index (χ0) is 20.9. The number of alkyl halides is 6. The van der Waals surface area contributed by atoms with Crippen LogP contribution in [0.25, 0.3) is 0 Å². The van der Waals surface area contributed by atoms with Crippen molar-refractivity contribution in [1.82, 2.24) is 0 Å². The maximum absolute atomic E-state index is 13.2. The van der Waals surface area contributed by atoms with E-state index in [0.717, 1.165) is 11.6 Å². The van der Waals surface area contributed by atoms with Crippen LogP contribution in [0, 0.1) is 0 Å². The Morgan fingerprint density at radius 2 is 1.46 bits per heavy atom. The monoisotopic (exact) mass is 403 g/mol. The predicted molar refractivity (Wildman–Crippen MR) is 93.0 cm³/mol. The number of hydrogen-bond acceptors (Lipinski definition) is 2. The maximum atomic E-state index is 13.2. The van der Waals surface area contributed by atoms with Gasteiger partial charge in [-0.1, -0.05) is 43.3 Å². The molecule has 2 aromatic rings. The van der Waals surface area contributed by atoms with Gasteiger partial charge in [-0.3, -0.25) is 0 Å². The fourth-order valence-corrected chi connectivity index (χ4v) is 3.65. The van der Waals surface area contributed by atoms with Crippen molar-refractivity contribution in [2.45, 2.75) is 50.3 Å². The summed E-state index contributed by atoms with van der Waals surface area (Å²) in [6, 6.07) is 12.0. The van der Waals surface area contributed by atoms with Crippen molar-refractivity contribution >= 4 is 5.69 Å². The summed E-state index contributed by atoms with van der Waals surface area (Å²) in [5.41, 5.74) is -4.23. The molecule has 28 heavy (non-hydrogen) atoms. The smallest absolute Gasteiger partial charge is 0.369 e. The normalized spacial score (nSPS) is 20.4. The fraction of sp³-hybridized carbons (Fsp3) is 0.400. The number of halogens is 6. The van der Waals surface area contributed by atoms with E-state index in [4.69, 9.17) is 0 Å². The number of aliphatic hydroxyl groups is 1. The Morgan fingerprint density at radius 1 is 0.893 bits per heavy atom. The molecule has 152 valence electrons. The van der Waals surface area contributed by atoms with Crippen molar-refractivity contribution in [1.29, 1.82) is 0 Å². The van der Waals surface area contributed by atoms with Crippen molar-refractivity contribution < 1.29 is 31.4 Å². The van der Waals surface area contributed by atoms with Gasteiger partial charge < -0.3 is 10.0 Å². The highest BCUT2D eigenvalue weighted by Crippen LogP contribution is 2.52. The van der Waals surface area contributed by atoms with Gasteiger partial charge in [0.05, 0.1) is 0 Å². The molecule has 1 N–H and O–H groups in total. The molecule has 3 rings (SSSR count). The largest absolute Gasteiger partial charge is 0.430 e. The van der Waals surface area contributed by atoms with Crippen LogP contribution in [0.2, 0.25) is 0 Å². The highest BCUT2D eigenvalue weighted by atomic mass is 19.4. The second kappa shape index (κ2) is 6.69. The van der Waals surface area contributed by atoms with Crippen LogP contribution in [0.4, 0.5) is 32.0 Å². The van der Waals surface area contributed by atoms with Gasteiger partial charge in [0, 0.05) is 29.8 Å². The Labute approximate surface area is 158 Å². The third-order valence-corrected chi connectivity index (χ3v) is 5.48. The summed E-state index contributed by atoms with van der Waals surface area (Å²) < 4.78 is 79.2. The van der Waals surface area contributed by atoms with Crippen molar-refractivity contribution in [3.8, 4) is 0 Å². The van der Waals surface area contributed by atoms with Gasteiger partial charge in [-0.25, -0.2) is 0 Å². The third kappa shape index (κ3) is 3.13. The van der Waals surface area contributed by atoms with E-state index < -0.39 is 23.5 Å². The quantitative estimate of drug-likeness (QED) is 0.683. The molecule has 0 radical (unpaired) electrons. The zero-order valence-corrected chi connectivity index (χ0v) is 15.1. The Morgan fingerprint density at radius 3 is 2.00 bits per heavy atom. The SMILES string of the molecule is CC1c2cc(C(O)(C(F)(F)F)C(F)(F)F)ccc2N(Cc2ccccc2)C1C. The molecular formula is C20H19F6NO. The Hall–Kier alpha value is -2.22. The summed E-state index contributed by atoms with van der Waals surface area (Å²) in [7, 11) is 0. The lowest BCUT2D eigenvalue weighted by atomic mass is 9.88. The van der Waals surface area contributed by atoms with Crippen LogP contribution in [0.5, 0.6) is 0 Å². The van der Waals surface area contributed by atoms with Crippen LogP contribution >= 0.6 is 0 Å². The minimum absolute atomic E-state index is 0.129. The van der Waals surface area contributed by atoms with Crippen LogP contribution in [0.1, 0.15) is 36.5 Å². The summed E-state index contributed by atoms with van der Waals surface area (Å²) in [5, 5.41) is 9.68. The Bertz CT molecular complexity index is 832. The number of rotatable bonds is 3. The van der Waals surface area contributed by atoms with Gasteiger partial charge in [-0.15, -0.1) is 0 Å². The number of nitrogens with zero attached hydrogens (tertiary/aromatic N) is 1. The summed E-state index contributed by atoms with van der Waals surface area (Å²) in [5.74, 6) is -0.302. The molecule has 2 atom stereocenters. The first-order chi connectivity index (χ1) is 12.9. The van der Waals surface area contributed by atoms with Crippen molar-refractivity contribution in [2.24, 2.45) is 0 Å². The first-order valence-corrected chi connectivity index (χ1v) is 8.68. The molecule has 2 nitrogen and oxygen atoms in total. The standard InChI is InChI=1S/C20H19F6NO/c1-12-13(2)27(11-14-6-4-3-5-7-14)17-9-8-15(10-16(12)17)18(28,19(21,22)23)20(24,25)26/h3-10,12-13,28H,11H2,1-2H3. The molecule has 1 heterocycles. The van der Waals surface area contributed by atoms with Gasteiger partial charge >= 0.3 is 12.4 Å². The minimum Gasteiger partial charge on any atom is -0.369 e. The molecule has 0 aromatic heterocycles. The first-order valence-electron chi connectivity index (χ1n) is 8.68. The molecule has 0 saturated heterocycles. The predicted octanol–water partition coefficient (Wildman–Crippen LogP) is 5.51. The van der Waals surface area contributed by atoms with Gasteiger partial charge in [-0.2, -0.15) is 26.3 Å². The lowest BCUT2D eigenvalue weighted by molar-refractivity contribution is -0.376. The molecule has 2 unspecified atom stereocenters. The number of anilines is 1. The zero-order valence-electron chi connectivity index (χ0n) is 15.1. The van der Waals surface area contributed by atoms with Gasteiger partial charge in [0.1, 0.15) is 0 Å². The molecule has 0 spiro atoms. The summed E-state index contributed by atoms with van der Waals surface area (Å²) in [6.45, 7) is 4.09. The van der Waals surface area contributed by atoms with Gasteiger partial charge in [0.2, 0.25) is 0 Å². The van der Waals surface area contributed by atoms with E-state index in [1.54, 1.807) is 6.92 Å². The van der Waals surface area contributed by atoms with Crippen molar-refractivity contribution in [3.05, 3.63) is 65.2 Å². The molecule has 1 aliphatic heterocycles. The van der Waals surface area contributed by atoms with E-state index >= 15 is 0 Å². The van der Waals surface area contributed by atoms with E-state index in [1.165, 1.54) is 6.07 Å². The Kier molecular flexibility index (Phi) is 4.90. The highest BCUT2D eigenvalue weighted by Gasteiger charge is 2.71. The molecule has 0 bridgehead atoms. The van der Waals surface area contributed by atoms with Gasteiger partial charge in [0.15, 0.2) is 0 Å². The van der Waals surface area contributed by atoms with E-state index in [2.05, 4.69) is 0 Å². The lowest BCUT2D eigenvalue weighted by Gasteiger charge is -2.33. The van der Waals surface area contributed by atoms with E-state index in [1.807, 2.05) is 42.2 Å². The van der Waals surface area contributed by atoms with E-state index in [9.17, 15) is 31.4 Å². The van der Waals surface area contributed by atoms with Crippen LogP contribution in [-0.4, -0.2) is 23.5 Å². The molecule has 0 aliphatic carbocycles. The summed E-state index contributed by atoms with van der Waals surface area (Å²) >= 11 is 0. The molecule has 0 amide bonds. The molecule has 0 saturated carbocycles. The second-order valence-electron chi connectivity index (χ2n) is 7.12. The van der Waals surface area contributed by atoms with Crippen LogP contribution in [0.15, 0.2) is 48.5 Å². The maximum Gasteiger partial charge on any atom is 0.430 e. The second-order valence-corrected chi connectivity index (χ2v) is 7.12. The van der Waals surface area contributed by atoms with Crippen LogP contribution in [-0.2, 0) is 12.1 Å². The number of benzene rings is 2. The summed E-state index contributed by atoms with van der Waals surface area (Å²) in [4.78, 5) is 1.94. The average Bonchev–Trinajstić information content (AvgIpc) is 2.84.